The number of nitrogens with zero attached hydrogens (tertiary/aromatic N) is 1. The van der Waals surface area contributed by atoms with Gasteiger partial charge < -0.3 is 5.32 Å². The zero-order chi connectivity index (χ0) is 9.84. The lowest BCUT2D eigenvalue weighted by atomic mass is 10.2. The Morgan fingerprint density at radius 3 is 3.00 bits per heavy atom. The van der Waals surface area contributed by atoms with Gasteiger partial charge in [0.05, 0.1) is 16.7 Å². The number of thiazole rings is 1. The molecule has 0 spiro atoms. The summed E-state index contributed by atoms with van der Waals surface area (Å²) in [6.07, 6.45) is 0. The van der Waals surface area contributed by atoms with Crippen molar-refractivity contribution in [3.63, 3.8) is 0 Å². The molecule has 1 heterocycles. The zero-order valence-corrected chi connectivity index (χ0v) is 9.08. The highest BCUT2D eigenvalue weighted by Gasteiger charge is 2.10. The topological polar surface area (TPSA) is 42.0 Å². The van der Waals surface area contributed by atoms with Crippen molar-refractivity contribution in [2.75, 3.05) is 5.88 Å². The zero-order valence-electron chi connectivity index (χ0n) is 7.50. The van der Waals surface area contributed by atoms with Gasteiger partial charge in [0.1, 0.15) is 5.88 Å². The van der Waals surface area contributed by atoms with E-state index in [0.29, 0.717) is 0 Å². The van der Waals surface area contributed by atoms with Crippen LogP contribution in [0.1, 0.15) is 23.7 Å². The number of hydrogen-bond donors (Lipinski definition) is 1. The standard InChI is InChI=1S/C8H11ClN2OS/c1-5(10-8(12)3-9)7-4-13-6(2)11-7/h4-5H,3H2,1-2H3,(H,10,12). The Labute approximate surface area is 86.1 Å². The van der Waals surface area contributed by atoms with Crippen LogP contribution < -0.4 is 5.32 Å². The van der Waals surface area contributed by atoms with E-state index in [9.17, 15) is 4.79 Å². The van der Waals surface area contributed by atoms with Crippen molar-refractivity contribution in [1.82, 2.24) is 10.3 Å². The molecule has 0 aliphatic heterocycles. The quantitative estimate of drug-likeness (QED) is 0.788. The molecule has 1 aromatic rings. The first-order chi connectivity index (χ1) is 6.13. The lowest BCUT2D eigenvalue weighted by Crippen LogP contribution is -2.27. The molecule has 5 heteroatoms. The van der Waals surface area contributed by atoms with Gasteiger partial charge in [-0.2, -0.15) is 0 Å². The summed E-state index contributed by atoms with van der Waals surface area (Å²) in [6.45, 7) is 3.82. The fourth-order valence-corrected chi connectivity index (χ4v) is 1.72. The molecule has 0 radical (unpaired) electrons. The third-order valence-electron chi connectivity index (χ3n) is 1.58. The van der Waals surface area contributed by atoms with E-state index in [-0.39, 0.29) is 17.8 Å². The molecule has 1 unspecified atom stereocenters. The molecule has 1 aromatic heterocycles. The summed E-state index contributed by atoms with van der Waals surface area (Å²) in [6, 6.07) is -0.0591. The van der Waals surface area contributed by atoms with Crippen LogP contribution in [0.5, 0.6) is 0 Å². The van der Waals surface area contributed by atoms with Crippen molar-refractivity contribution in [1.29, 1.82) is 0 Å². The number of carbonyl (C=O) groups is 1. The molecule has 0 aliphatic carbocycles. The molecule has 0 saturated heterocycles. The highest BCUT2D eigenvalue weighted by Crippen LogP contribution is 2.15. The Hall–Kier alpha value is -0.610. The summed E-state index contributed by atoms with van der Waals surface area (Å²) in [7, 11) is 0. The molecule has 72 valence electrons. The van der Waals surface area contributed by atoms with Crippen LogP contribution in [-0.4, -0.2) is 16.8 Å². The molecular weight excluding hydrogens is 208 g/mol. The number of carbonyl (C=O) groups excluding carboxylic acids is 1. The van der Waals surface area contributed by atoms with E-state index in [0.717, 1.165) is 10.7 Å². The molecule has 1 rings (SSSR count). The maximum Gasteiger partial charge on any atom is 0.235 e. The smallest absolute Gasteiger partial charge is 0.235 e. The highest BCUT2D eigenvalue weighted by atomic mass is 35.5. The lowest BCUT2D eigenvalue weighted by molar-refractivity contribution is -0.119. The minimum absolute atomic E-state index is 0.00649. The average molecular weight is 219 g/mol. The van der Waals surface area contributed by atoms with E-state index in [4.69, 9.17) is 11.6 Å². The van der Waals surface area contributed by atoms with Gasteiger partial charge >= 0.3 is 0 Å². The highest BCUT2D eigenvalue weighted by molar-refractivity contribution is 7.09. The largest absolute Gasteiger partial charge is 0.347 e. The van der Waals surface area contributed by atoms with E-state index in [1.54, 1.807) is 11.3 Å². The second-order valence-corrected chi connectivity index (χ2v) is 4.04. The van der Waals surface area contributed by atoms with Crippen LogP contribution in [-0.2, 0) is 4.79 Å². The van der Waals surface area contributed by atoms with Gasteiger partial charge in [-0.25, -0.2) is 4.98 Å². The molecule has 13 heavy (non-hydrogen) atoms. The first kappa shape index (κ1) is 10.5. The minimum Gasteiger partial charge on any atom is -0.347 e. The molecule has 1 amide bonds. The number of rotatable bonds is 3. The number of alkyl halides is 1. The minimum atomic E-state index is -0.167. The Kier molecular flexibility index (Phi) is 3.69. The number of nitrogens with one attached hydrogen (secondary N) is 1. The number of aryl methyl sites for hydroxylation is 1. The van der Waals surface area contributed by atoms with Gasteiger partial charge in [-0.15, -0.1) is 22.9 Å². The van der Waals surface area contributed by atoms with Gasteiger partial charge in [0.15, 0.2) is 0 Å². The van der Waals surface area contributed by atoms with Crippen molar-refractivity contribution in [2.45, 2.75) is 19.9 Å². The monoisotopic (exact) mass is 218 g/mol. The van der Waals surface area contributed by atoms with Crippen molar-refractivity contribution in [3.8, 4) is 0 Å². The van der Waals surface area contributed by atoms with Crippen molar-refractivity contribution in [3.05, 3.63) is 16.1 Å². The molecule has 0 fully saturated rings. The summed E-state index contributed by atoms with van der Waals surface area (Å²) in [5.41, 5.74) is 0.890. The van der Waals surface area contributed by atoms with Gasteiger partial charge in [-0.05, 0) is 13.8 Å². The van der Waals surface area contributed by atoms with Crippen LogP contribution in [0, 0.1) is 6.92 Å². The first-order valence-electron chi connectivity index (χ1n) is 3.91. The summed E-state index contributed by atoms with van der Waals surface area (Å²) in [5.74, 6) is -0.173. The van der Waals surface area contributed by atoms with E-state index < -0.39 is 0 Å². The van der Waals surface area contributed by atoms with Crippen molar-refractivity contribution in [2.24, 2.45) is 0 Å². The summed E-state index contributed by atoms with van der Waals surface area (Å²) in [5, 5.41) is 5.67. The Balaban J connectivity index is 2.58. The van der Waals surface area contributed by atoms with Crippen LogP contribution in [0.4, 0.5) is 0 Å². The Morgan fingerprint density at radius 1 is 1.85 bits per heavy atom. The van der Waals surface area contributed by atoms with Gasteiger partial charge in [-0.3, -0.25) is 4.79 Å². The first-order valence-corrected chi connectivity index (χ1v) is 5.32. The number of halogens is 1. The lowest BCUT2D eigenvalue weighted by Gasteiger charge is -2.09. The second kappa shape index (κ2) is 4.58. The number of aromatic nitrogens is 1. The van der Waals surface area contributed by atoms with E-state index in [1.807, 2.05) is 19.2 Å². The summed E-state index contributed by atoms with van der Waals surface area (Å²) in [4.78, 5) is 15.2. The maximum atomic E-state index is 10.9. The fraction of sp³-hybridized carbons (Fsp3) is 0.500. The van der Waals surface area contributed by atoms with Crippen LogP contribution in [0.15, 0.2) is 5.38 Å². The van der Waals surface area contributed by atoms with Crippen molar-refractivity contribution < 1.29 is 4.79 Å². The van der Waals surface area contributed by atoms with Gasteiger partial charge in [0.2, 0.25) is 5.91 Å². The van der Waals surface area contributed by atoms with Crippen LogP contribution in [0.3, 0.4) is 0 Å². The third-order valence-corrected chi connectivity index (χ3v) is 2.61. The van der Waals surface area contributed by atoms with Gasteiger partial charge in [0, 0.05) is 5.38 Å². The molecule has 1 N–H and O–H groups in total. The SMILES string of the molecule is Cc1nc(C(C)NC(=O)CCl)cs1. The molecule has 1 atom stereocenters. The van der Waals surface area contributed by atoms with E-state index in [2.05, 4.69) is 10.3 Å². The van der Waals surface area contributed by atoms with Crippen molar-refractivity contribution >= 4 is 28.8 Å². The molecule has 0 bridgehead atoms. The van der Waals surface area contributed by atoms with Crippen LogP contribution >= 0.6 is 22.9 Å². The average Bonchev–Trinajstić information content (AvgIpc) is 2.51. The van der Waals surface area contributed by atoms with Gasteiger partial charge in [-0.1, -0.05) is 0 Å². The second-order valence-electron chi connectivity index (χ2n) is 2.71. The van der Waals surface area contributed by atoms with E-state index in [1.165, 1.54) is 0 Å². The molecule has 0 aliphatic rings. The normalized spacial score (nSPS) is 12.5. The summed E-state index contributed by atoms with van der Waals surface area (Å²) >= 11 is 6.93. The van der Waals surface area contributed by atoms with E-state index >= 15 is 0 Å². The molecule has 0 aromatic carbocycles. The number of hydrogen-bond acceptors (Lipinski definition) is 3. The summed E-state index contributed by atoms with van der Waals surface area (Å²) < 4.78 is 0. The predicted octanol–water partition coefficient (Wildman–Crippen LogP) is 1.87. The fourth-order valence-electron chi connectivity index (χ4n) is 0.933. The van der Waals surface area contributed by atoms with Gasteiger partial charge in [0.25, 0.3) is 0 Å². The van der Waals surface area contributed by atoms with Crippen LogP contribution in [0.2, 0.25) is 0 Å². The Morgan fingerprint density at radius 2 is 2.54 bits per heavy atom. The Bertz CT molecular complexity index is 300. The number of amides is 1. The molecular formula is C8H11ClN2OS. The maximum absolute atomic E-state index is 10.9. The third kappa shape index (κ3) is 2.97. The van der Waals surface area contributed by atoms with Crippen LogP contribution in [0.25, 0.3) is 0 Å². The molecule has 0 saturated carbocycles. The predicted molar refractivity (Wildman–Crippen MR) is 54.1 cm³/mol. The molecule has 3 nitrogen and oxygen atoms in total.